The number of benzene rings is 2. The number of nitrogens with one attached hydrogen (secondary N) is 2. The highest BCUT2D eigenvalue weighted by atomic mass is 19.3. The number of para-hydroxylation sites is 1. The van der Waals surface area contributed by atoms with E-state index in [1.54, 1.807) is 30.5 Å². The summed E-state index contributed by atoms with van der Waals surface area (Å²) in [6.07, 6.45) is 0.568. The maximum atomic E-state index is 13.5. The molecular weight excluding hydrogens is 468 g/mol. The highest BCUT2D eigenvalue weighted by Crippen LogP contribution is 2.52. The first-order valence-electron chi connectivity index (χ1n) is 11.2. The Morgan fingerprint density at radius 1 is 1.11 bits per heavy atom. The molecule has 2 amide bonds. The lowest BCUT2D eigenvalue weighted by Gasteiger charge is -2.43. The van der Waals surface area contributed by atoms with Crippen molar-refractivity contribution < 1.29 is 18.4 Å². The number of hydrogen-bond donors (Lipinski definition) is 4. The number of nitrogens with two attached hydrogens (primary N) is 2. The minimum absolute atomic E-state index is 0.00813. The number of nitrogens with zero attached hydrogens (tertiary/aromatic N) is 3. The van der Waals surface area contributed by atoms with Gasteiger partial charge < -0.3 is 16.8 Å². The fraction of sp³-hybridized carbons (Fsp3) is 0.240. The Morgan fingerprint density at radius 2 is 1.83 bits per heavy atom. The molecule has 0 radical (unpaired) electrons. The molecule has 0 saturated heterocycles. The summed E-state index contributed by atoms with van der Waals surface area (Å²) in [4.78, 5) is 34.1. The van der Waals surface area contributed by atoms with E-state index in [-0.39, 0.29) is 22.9 Å². The third-order valence-corrected chi connectivity index (χ3v) is 6.51. The molecule has 2 heterocycles. The lowest BCUT2D eigenvalue weighted by Crippen LogP contribution is -2.51. The second-order valence-electron chi connectivity index (χ2n) is 9.38. The summed E-state index contributed by atoms with van der Waals surface area (Å²) in [6.45, 7) is 3.37. The number of anilines is 2. The Morgan fingerprint density at radius 3 is 2.53 bits per heavy atom. The van der Waals surface area contributed by atoms with Crippen LogP contribution in [-0.2, 0) is 4.79 Å². The zero-order valence-corrected chi connectivity index (χ0v) is 19.5. The van der Waals surface area contributed by atoms with Gasteiger partial charge in [-0.05, 0) is 30.7 Å². The van der Waals surface area contributed by atoms with Gasteiger partial charge in [-0.25, -0.2) is 18.7 Å². The Bertz CT molecular complexity index is 1540. The number of amides is 2. The largest absolute Gasteiger partial charge is 0.395 e. The summed E-state index contributed by atoms with van der Waals surface area (Å²) >= 11 is 0. The number of primary amides is 1. The number of aromatic nitrogens is 4. The van der Waals surface area contributed by atoms with Gasteiger partial charge >= 0.3 is 0 Å². The van der Waals surface area contributed by atoms with Gasteiger partial charge in [0.05, 0.1) is 34.2 Å². The lowest BCUT2D eigenvalue weighted by atomic mass is 9.67. The summed E-state index contributed by atoms with van der Waals surface area (Å²) in [5, 5.41) is 10.5. The fourth-order valence-electron chi connectivity index (χ4n) is 4.72. The molecule has 1 saturated carbocycles. The van der Waals surface area contributed by atoms with Crippen molar-refractivity contribution in [3.63, 3.8) is 0 Å². The zero-order valence-electron chi connectivity index (χ0n) is 19.5. The molecule has 11 heteroatoms. The van der Waals surface area contributed by atoms with E-state index in [1.807, 2.05) is 19.1 Å². The number of halogens is 2. The van der Waals surface area contributed by atoms with E-state index < -0.39 is 36.0 Å². The molecule has 9 nitrogen and oxygen atoms in total. The van der Waals surface area contributed by atoms with E-state index in [9.17, 15) is 18.4 Å². The van der Waals surface area contributed by atoms with Gasteiger partial charge in [0, 0.05) is 29.4 Å². The maximum Gasteiger partial charge on any atom is 0.269 e. The van der Waals surface area contributed by atoms with Crippen LogP contribution in [0.5, 0.6) is 0 Å². The van der Waals surface area contributed by atoms with Crippen LogP contribution in [0.1, 0.15) is 35.8 Å². The fourth-order valence-corrected chi connectivity index (χ4v) is 4.72. The first kappa shape index (κ1) is 23.3. The van der Waals surface area contributed by atoms with Crippen molar-refractivity contribution >= 4 is 34.1 Å². The monoisotopic (exact) mass is 491 g/mol. The molecule has 0 spiro atoms. The average molecular weight is 492 g/mol. The quantitative estimate of drug-likeness (QED) is 0.330. The van der Waals surface area contributed by atoms with Crippen LogP contribution in [0.15, 0.2) is 42.6 Å². The number of fused-ring (bicyclic) bond motifs is 1. The predicted molar refractivity (Wildman–Crippen MR) is 131 cm³/mol. The van der Waals surface area contributed by atoms with E-state index >= 15 is 0 Å². The predicted octanol–water partition coefficient (Wildman–Crippen LogP) is 4.05. The highest BCUT2D eigenvalue weighted by molar-refractivity contribution is 6.05. The second kappa shape index (κ2) is 8.08. The summed E-state index contributed by atoms with van der Waals surface area (Å²) in [7, 11) is 0. The maximum absolute atomic E-state index is 13.5. The Hall–Kier alpha value is -4.41. The molecular formula is C25H23F2N7O2. The summed E-state index contributed by atoms with van der Waals surface area (Å²) < 4.78 is 27.0. The van der Waals surface area contributed by atoms with Gasteiger partial charge in [-0.15, -0.1) is 0 Å². The van der Waals surface area contributed by atoms with Gasteiger partial charge in [-0.1, -0.05) is 25.1 Å². The van der Waals surface area contributed by atoms with Crippen LogP contribution < -0.4 is 16.8 Å². The number of rotatable bonds is 5. The number of aromatic amines is 1. The molecule has 0 unspecified atom stereocenters. The number of nitrogen functional groups attached to an aromatic ring is 1. The topological polar surface area (TPSA) is 153 Å². The highest BCUT2D eigenvalue weighted by Gasteiger charge is 2.57. The molecule has 2 aromatic carbocycles. The van der Waals surface area contributed by atoms with Crippen LogP contribution in [0.3, 0.4) is 0 Å². The zero-order chi connectivity index (χ0) is 25.8. The molecule has 1 aliphatic rings. The number of hydrogen-bond acceptors (Lipinski definition) is 6. The summed E-state index contributed by atoms with van der Waals surface area (Å²) in [6, 6.07) is 10.4. The van der Waals surface area contributed by atoms with Crippen molar-refractivity contribution in [1.82, 2.24) is 20.2 Å². The van der Waals surface area contributed by atoms with Crippen LogP contribution in [0.2, 0.25) is 0 Å². The van der Waals surface area contributed by atoms with Gasteiger partial charge in [0.15, 0.2) is 11.5 Å². The number of carbonyl (C=O) groups is 2. The Kier molecular flexibility index (Phi) is 5.24. The van der Waals surface area contributed by atoms with E-state index in [0.717, 1.165) is 16.5 Å². The van der Waals surface area contributed by atoms with Crippen molar-refractivity contribution in [2.45, 2.75) is 32.6 Å². The standard InChI is InChI=1S/C25H23F2N7O2/c1-12-7-8-16-14(9-30-34-16)17(12)19-18(28)20(21(29)35)33-22(32-19)13-5-3-4-6-15(13)31-23(36)24(2)10-25(26,27)11-24/h3-9H,10-11,28H2,1-2H3,(H2,29,35)(H,30,34)(H,31,36). The minimum atomic E-state index is -2.86. The van der Waals surface area contributed by atoms with Crippen LogP contribution in [0, 0.1) is 12.3 Å². The molecule has 1 fully saturated rings. The van der Waals surface area contributed by atoms with Crippen LogP contribution >= 0.6 is 0 Å². The molecule has 6 N–H and O–H groups in total. The smallest absolute Gasteiger partial charge is 0.269 e. The van der Waals surface area contributed by atoms with E-state index in [0.29, 0.717) is 16.8 Å². The van der Waals surface area contributed by atoms with Crippen LogP contribution in [-0.4, -0.2) is 37.9 Å². The van der Waals surface area contributed by atoms with Crippen LogP contribution in [0.4, 0.5) is 20.2 Å². The number of alkyl halides is 2. The first-order valence-corrected chi connectivity index (χ1v) is 11.2. The van der Waals surface area contributed by atoms with Gasteiger partial charge in [0.1, 0.15) is 0 Å². The third kappa shape index (κ3) is 3.82. The first-order chi connectivity index (χ1) is 17.0. The molecule has 0 atom stereocenters. The lowest BCUT2D eigenvalue weighted by molar-refractivity contribution is -0.170. The number of carbonyl (C=O) groups excluding carboxylic acids is 2. The van der Waals surface area contributed by atoms with Crippen molar-refractivity contribution in [2.24, 2.45) is 11.1 Å². The summed E-state index contributed by atoms with van der Waals surface area (Å²) in [5.74, 6) is -4.15. The van der Waals surface area contributed by atoms with Gasteiger partial charge in [0.25, 0.3) is 5.91 Å². The van der Waals surface area contributed by atoms with Crippen molar-refractivity contribution in [1.29, 1.82) is 0 Å². The second-order valence-corrected chi connectivity index (χ2v) is 9.38. The minimum Gasteiger partial charge on any atom is -0.395 e. The molecule has 2 aromatic heterocycles. The van der Waals surface area contributed by atoms with Crippen LogP contribution in [0.25, 0.3) is 33.5 Å². The average Bonchev–Trinajstić information content (AvgIpc) is 3.27. The summed E-state index contributed by atoms with van der Waals surface area (Å²) in [5.41, 5.74) is 13.7. The molecule has 1 aliphatic carbocycles. The van der Waals surface area contributed by atoms with Crippen molar-refractivity contribution in [3.05, 3.63) is 53.9 Å². The van der Waals surface area contributed by atoms with Crippen molar-refractivity contribution in [2.75, 3.05) is 11.1 Å². The molecule has 0 aliphatic heterocycles. The van der Waals surface area contributed by atoms with Crippen molar-refractivity contribution in [3.8, 4) is 22.6 Å². The normalized spacial score (nSPS) is 15.9. The Balaban J connectivity index is 1.64. The third-order valence-electron chi connectivity index (χ3n) is 6.51. The van der Waals surface area contributed by atoms with Gasteiger partial charge in [-0.3, -0.25) is 14.7 Å². The molecule has 5 rings (SSSR count). The Labute approximate surface area is 204 Å². The van der Waals surface area contributed by atoms with Gasteiger partial charge in [-0.2, -0.15) is 5.10 Å². The molecule has 4 aromatic rings. The van der Waals surface area contributed by atoms with E-state index in [1.165, 1.54) is 6.92 Å². The van der Waals surface area contributed by atoms with E-state index in [2.05, 4.69) is 25.5 Å². The molecule has 36 heavy (non-hydrogen) atoms. The molecule has 0 bridgehead atoms. The van der Waals surface area contributed by atoms with Gasteiger partial charge in [0.2, 0.25) is 11.8 Å². The van der Waals surface area contributed by atoms with E-state index in [4.69, 9.17) is 11.5 Å². The number of aryl methyl sites for hydroxylation is 1. The number of H-pyrrole nitrogens is 1. The molecule has 184 valence electrons. The SMILES string of the molecule is Cc1ccc2[nH]ncc2c1-c1nc(-c2ccccc2NC(=O)C2(C)CC(F)(F)C2)nc(C(N)=O)c1N.